The predicted octanol–water partition coefficient (Wildman–Crippen LogP) is 3.20. The van der Waals surface area contributed by atoms with Crippen molar-refractivity contribution < 1.29 is 0 Å². The van der Waals surface area contributed by atoms with Crippen molar-refractivity contribution in [3.8, 4) is 0 Å². The lowest BCUT2D eigenvalue weighted by Crippen LogP contribution is -2.36. The Morgan fingerprint density at radius 2 is 1.79 bits per heavy atom. The van der Waals surface area contributed by atoms with Crippen LogP contribution in [0.25, 0.3) is 0 Å². The van der Waals surface area contributed by atoms with Crippen LogP contribution in [-0.2, 0) is 0 Å². The van der Waals surface area contributed by atoms with Crippen molar-refractivity contribution in [2.45, 2.75) is 51.9 Å². The van der Waals surface area contributed by atoms with E-state index in [0.29, 0.717) is 0 Å². The molecule has 0 heterocycles. The maximum Gasteiger partial charge on any atom is -0.00179 e. The zero-order valence-electron chi connectivity index (χ0n) is 9.60. The van der Waals surface area contributed by atoms with Gasteiger partial charge in [-0.2, -0.15) is 0 Å². The van der Waals surface area contributed by atoms with Gasteiger partial charge < -0.3 is 5.32 Å². The first-order chi connectivity index (χ1) is 6.92. The van der Waals surface area contributed by atoms with Crippen LogP contribution < -0.4 is 5.32 Å². The fourth-order valence-electron chi connectivity index (χ4n) is 3.65. The molecule has 2 aliphatic carbocycles. The van der Waals surface area contributed by atoms with Crippen LogP contribution in [0.1, 0.15) is 51.9 Å². The lowest BCUT2D eigenvalue weighted by molar-refractivity contribution is 0.103. The Hall–Kier alpha value is -0.0400. The molecule has 2 fully saturated rings. The van der Waals surface area contributed by atoms with E-state index >= 15 is 0 Å². The Morgan fingerprint density at radius 3 is 2.64 bits per heavy atom. The Morgan fingerprint density at radius 1 is 1.00 bits per heavy atom. The molecule has 1 N–H and O–H groups in total. The van der Waals surface area contributed by atoms with E-state index in [9.17, 15) is 0 Å². The Bertz CT molecular complexity index is 165. The highest BCUT2D eigenvalue weighted by Crippen LogP contribution is 2.43. The van der Waals surface area contributed by atoms with Crippen LogP contribution in [0.4, 0.5) is 0 Å². The summed E-state index contributed by atoms with van der Waals surface area (Å²) in [7, 11) is 0. The highest BCUT2D eigenvalue weighted by Gasteiger charge is 2.34. The fourth-order valence-corrected chi connectivity index (χ4v) is 3.65. The van der Waals surface area contributed by atoms with E-state index in [1.165, 1.54) is 51.5 Å². The molecule has 3 unspecified atom stereocenters. The molecule has 0 amide bonds. The Balaban J connectivity index is 1.88. The second-order valence-electron chi connectivity index (χ2n) is 5.21. The van der Waals surface area contributed by atoms with Crippen LogP contribution in [0.15, 0.2) is 0 Å². The van der Waals surface area contributed by atoms with Gasteiger partial charge in [-0.3, -0.25) is 0 Å². The van der Waals surface area contributed by atoms with Gasteiger partial charge >= 0.3 is 0 Å². The van der Waals surface area contributed by atoms with Crippen LogP contribution in [0, 0.1) is 17.8 Å². The van der Waals surface area contributed by atoms with Gasteiger partial charge in [0.05, 0.1) is 0 Å². The number of hydrogen-bond donors (Lipinski definition) is 1. The summed E-state index contributed by atoms with van der Waals surface area (Å²) in [5, 5.41) is 3.55. The molecule has 0 bridgehead atoms. The van der Waals surface area contributed by atoms with E-state index in [-0.39, 0.29) is 0 Å². The first-order valence-corrected chi connectivity index (χ1v) is 6.62. The van der Waals surface area contributed by atoms with E-state index in [2.05, 4.69) is 12.2 Å². The molecule has 2 rings (SSSR count). The number of hydrogen-bond acceptors (Lipinski definition) is 1. The van der Waals surface area contributed by atoms with Crippen molar-refractivity contribution in [2.75, 3.05) is 13.1 Å². The predicted molar refractivity (Wildman–Crippen MR) is 61.3 cm³/mol. The van der Waals surface area contributed by atoms with Gasteiger partial charge in [0.25, 0.3) is 0 Å². The molecule has 0 aromatic carbocycles. The molecule has 1 nitrogen and oxygen atoms in total. The van der Waals surface area contributed by atoms with Gasteiger partial charge in [0.2, 0.25) is 0 Å². The van der Waals surface area contributed by atoms with Crippen LogP contribution in [0.5, 0.6) is 0 Å². The summed E-state index contributed by atoms with van der Waals surface area (Å²) in [5.74, 6) is 3.19. The molecular weight excluding hydrogens is 170 g/mol. The molecule has 0 aromatic rings. The lowest BCUT2D eigenvalue weighted by Gasteiger charge is -2.41. The minimum atomic E-state index is 1.01. The monoisotopic (exact) mass is 195 g/mol. The molecule has 0 saturated heterocycles. The van der Waals surface area contributed by atoms with Crippen molar-refractivity contribution in [3.05, 3.63) is 0 Å². The van der Waals surface area contributed by atoms with E-state index in [0.717, 1.165) is 24.3 Å². The van der Waals surface area contributed by atoms with Crippen molar-refractivity contribution in [3.63, 3.8) is 0 Å². The molecule has 82 valence electrons. The number of fused-ring (bicyclic) bond motifs is 1. The third-order valence-electron chi connectivity index (χ3n) is 4.38. The zero-order valence-corrected chi connectivity index (χ0v) is 9.60. The maximum atomic E-state index is 3.55. The molecular formula is C13H25N. The summed E-state index contributed by atoms with van der Waals surface area (Å²) in [6, 6.07) is 0. The fraction of sp³-hybridized carbons (Fsp3) is 1.00. The highest BCUT2D eigenvalue weighted by atomic mass is 14.8. The molecule has 0 radical (unpaired) electrons. The standard InChI is InChI=1S/C13H25N/c1-2-14-10-12-8-5-7-11-6-3-4-9-13(11)12/h11-14H,2-10H2,1H3. The lowest BCUT2D eigenvalue weighted by atomic mass is 9.65. The summed E-state index contributed by atoms with van der Waals surface area (Å²) >= 11 is 0. The van der Waals surface area contributed by atoms with E-state index in [4.69, 9.17) is 0 Å². The third-order valence-corrected chi connectivity index (χ3v) is 4.38. The average Bonchev–Trinajstić information content (AvgIpc) is 2.26. The molecule has 2 saturated carbocycles. The SMILES string of the molecule is CCNCC1CCCC2CCCCC21. The highest BCUT2D eigenvalue weighted by molar-refractivity contribution is 4.85. The van der Waals surface area contributed by atoms with Crippen molar-refractivity contribution >= 4 is 0 Å². The molecule has 2 aliphatic rings. The van der Waals surface area contributed by atoms with E-state index in [1.807, 2.05) is 0 Å². The molecule has 3 atom stereocenters. The molecule has 1 heteroatoms. The van der Waals surface area contributed by atoms with Crippen molar-refractivity contribution in [2.24, 2.45) is 17.8 Å². The summed E-state index contributed by atoms with van der Waals surface area (Å²) in [6.07, 6.45) is 10.6. The average molecular weight is 195 g/mol. The van der Waals surface area contributed by atoms with Gasteiger partial charge in [0.15, 0.2) is 0 Å². The first-order valence-electron chi connectivity index (χ1n) is 6.62. The smallest absolute Gasteiger partial charge is 0.00179 e. The van der Waals surface area contributed by atoms with Crippen LogP contribution >= 0.6 is 0 Å². The summed E-state index contributed by atoms with van der Waals surface area (Å²) in [4.78, 5) is 0. The number of rotatable bonds is 3. The second kappa shape index (κ2) is 5.16. The molecule has 0 aromatic heterocycles. The summed E-state index contributed by atoms with van der Waals surface area (Å²) < 4.78 is 0. The Labute approximate surface area is 88.7 Å². The Kier molecular flexibility index (Phi) is 3.86. The topological polar surface area (TPSA) is 12.0 Å². The maximum absolute atomic E-state index is 3.55. The van der Waals surface area contributed by atoms with Crippen LogP contribution in [-0.4, -0.2) is 13.1 Å². The minimum absolute atomic E-state index is 1.01. The van der Waals surface area contributed by atoms with E-state index in [1.54, 1.807) is 0 Å². The van der Waals surface area contributed by atoms with Gasteiger partial charge in [0.1, 0.15) is 0 Å². The molecule has 0 spiro atoms. The molecule has 14 heavy (non-hydrogen) atoms. The largest absolute Gasteiger partial charge is 0.317 e. The normalized spacial score (nSPS) is 37.9. The van der Waals surface area contributed by atoms with Gasteiger partial charge in [0, 0.05) is 0 Å². The van der Waals surface area contributed by atoms with Crippen LogP contribution in [0.2, 0.25) is 0 Å². The third kappa shape index (κ3) is 2.31. The van der Waals surface area contributed by atoms with Gasteiger partial charge in [-0.05, 0) is 43.7 Å². The second-order valence-corrected chi connectivity index (χ2v) is 5.21. The van der Waals surface area contributed by atoms with Crippen LogP contribution in [0.3, 0.4) is 0 Å². The summed E-state index contributed by atoms with van der Waals surface area (Å²) in [5.41, 5.74) is 0. The van der Waals surface area contributed by atoms with Crippen molar-refractivity contribution in [1.82, 2.24) is 5.32 Å². The number of nitrogens with one attached hydrogen (secondary N) is 1. The minimum Gasteiger partial charge on any atom is -0.317 e. The van der Waals surface area contributed by atoms with Crippen molar-refractivity contribution in [1.29, 1.82) is 0 Å². The van der Waals surface area contributed by atoms with Gasteiger partial charge in [-0.1, -0.05) is 39.0 Å². The van der Waals surface area contributed by atoms with E-state index < -0.39 is 0 Å². The quantitative estimate of drug-likeness (QED) is 0.729. The van der Waals surface area contributed by atoms with Gasteiger partial charge in [-0.25, -0.2) is 0 Å². The summed E-state index contributed by atoms with van der Waals surface area (Å²) in [6.45, 7) is 4.66. The zero-order chi connectivity index (χ0) is 9.80. The first kappa shape index (κ1) is 10.5. The molecule has 0 aliphatic heterocycles. The van der Waals surface area contributed by atoms with Gasteiger partial charge in [-0.15, -0.1) is 0 Å².